The van der Waals surface area contributed by atoms with Crippen LogP contribution in [0.3, 0.4) is 0 Å². The zero-order valence-electron chi connectivity index (χ0n) is 12.5. The second-order valence-corrected chi connectivity index (χ2v) is 6.03. The van der Waals surface area contributed by atoms with Gasteiger partial charge in [-0.2, -0.15) is 0 Å². The maximum Gasteiger partial charge on any atom is 0.335 e. The van der Waals surface area contributed by atoms with Crippen molar-refractivity contribution in [2.45, 2.75) is 26.2 Å². The van der Waals surface area contributed by atoms with Crippen LogP contribution in [0.15, 0.2) is 42.5 Å². The molecule has 2 aromatic rings. The topological polar surface area (TPSA) is 75.3 Å². The molecule has 110 valence electrons. The highest BCUT2D eigenvalue weighted by atomic mass is 16.4. The molecule has 0 amide bonds. The molecule has 0 aliphatic carbocycles. The summed E-state index contributed by atoms with van der Waals surface area (Å²) in [5.41, 5.74) is 9.32. The average molecular weight is 284 g/mol. The summed E-state index contributed by atoms with van der Waals surface area (Å²) in [7, 11) is 0. The van der Waals surface area contributed by atoms with Crippen LogP contribution in [-0.4, -0.2) is 11.1 Å². The highest BCUT2D eigenvalue weighted by molar-refractivity contribution is 5.91. The third-order valence-electron chi connectivity index (χ3n) is 3.30. The highest BCUT2D eigenvalue weighted by Crippen LogP contribution is 2.33. The predicted octanol–water partition coefficient (Wildman–Crippen LogP) is 4.01. The molecule has 4 nitrogen and oxygen atoms in total. The number of nitrogens with two attached hydrogens (primary N) is 1. The van der Waals surface area contributed by atoms with E-state index >= 15 is 0 Å². The molecule has 0 atom stereocenters. The molecule has 0 aliphatic heterocycles. The lowest BCUT2D eigenvalue weighted by Crippen LogP contribution is -2.14. The Hall–Kier alpha value is -2.49. The maximum atomic E-state index is 11.1. The largest absolute Gasteiger partial charge is 0.478 e. The lowest BCUT2D eigenvalue weighted by molar-refractivity contribution is 0.0697. The minimum absolute atomic E-state index is 0.0250. The lowest BCUT2D eigenvalue weighted by atomic mass is 9.86. The third-order valence-corrected chi connectivity index (χ3v) is 3.30. The number of carboxylic acid groups (broad SMARTS) is 1. The first-order chi connectivity index (χ1) is 9.79. The number of para-hydroxylation sites is 1. The zero-order valence-corrected chi connectivity index (χ0v) is 12.5. The summed E-state index contributed by atoms with van der Waals surface area (Å²) < 4.78 is 0. The number of benzene rings is 2. The fourth-order valence-electron chi connectivity index (χ4n) is 2.19. The van der Waals surface area contributed by atoms with Gasteiger partial charge in [0.05, 0.1) is 16.9 Å². The number of carbonyl (C=O) groups is 1. The van der Waals surface area contributed by atoms with E-state index in [4.69, 9.17) is 10.8 Å². The molecule has 0 radical (unpaired) electrons. The van der Waals surface area contributed by atoms with Crippen molar-refractivity contribution in [1.29, 1.82) is 0 Å². The summed E-state index contributed by atoms with van der Waals surface area (Å²) >= 11 is 0. The van der Waals surface area contributed by atoms with Crippen molar-refractivity contribution in [1.82, 2.24) is 0 Å². The van der Waals surface area contributed by atoms with Crippen molar-refractivity contribution < 1.29 is 9.90 Å². The molecular weight excluding hydrogens is 264 g/mol. The van der Waals surface area contributed by atoms with E-state index in [9.17, 15) is 4.79 Å². The first-order valence-electron chi connectivity index (χ1n) is 6.78. The minimum atomic E-state index is -0.970. The molecule has 0 fully saturated rings. The Morgan fingerprint density at radius 3 is 2.38 bits per heavy atom. The van der Waals surface area contributed by atoms with Crippen molar-refractivity contribution >= 4 is 23.0 Å². The molecule has 0 unspecified atom stereocenters. The van der Waals surface area contributed by atoms with Gasteiger partial charge in [0, 0.05) is 5.69 Å². The van der Waals surface area contributed by atoms with E-state index in [1.807, 2.05) is 18.2 Å². The summed E-state index contributed by atoms with van der Waals surface area (Å²) in [5.74, 6) is -0.970. The second-order valence-electron chi connectivity index (χ2n) is 6.03. The molecule has 0 saturated carbocycles. The van der Waals surface area contributed by atoms with Crippen LogP contribution in [-0.2, 0) is 5.41 Å². The fraction of sp³-hybridized carbons (Fsp3) is 0.235. The number of nitrogens with one attached hydrogen (secondary N) is 1. The van der Waals surface area contributed by atoms with Gasteiger partial charge in [0.25, 0.3) is 0 Å². The summed E-state index contributed by atoms with van der Waals surface area (Å²) in [6, 6.07) is 12.6. The molecule has 0 bridgehead atoms. The Morgan fingerprint density at radius 1 is 1.10 bits per heavy atom. The number of aromatic carboxylic acids is 1. The predicted molar refractivity (Wildman–Crippen MR) is 86.2 cm³/mol. The smallest absolute Gasteiger partial charge is 0.335 e. The molecule has 0 heterocycles. The normalized spacial score (nSPS) is 11.2. The van der Waals surface area contributed by atoms with Gasteiger partial charge in [-0.1, -0.05) is 39.0 Å². The van der Waals surface area contributed by atoms with Crippen LogP contribution >= 0.6 is 0 Å². The van der Waals surface area contributed by atoms with Crippen LogP contribution in [0.4, 0.5) is 17.1 Å². The van der Waals surface area contributed by atoms with E-state index in [0.29, 0.717) is 11.4 Å². The van der Waals surface area contributed by atoms with E-state index < -0.39 is 5.97 Å². The summed E-state index contributed by atoms with van der Waals surface area (Å²) in [4.78, 5) is 11.1. The number of hydrogen-bond acceptors (Lipinski definition) is 3. The van der Waals surface area contributed by atoms with Crippen LogP contribution < -0.4 is 11.1 Å². The summed E-state index contributed by atoms with van der Waals surface area (Å²) in [5, 5.41) is 12.3. The Balaban J connectivity index is 2.44. The van der Waals surface area contributed by atoms with Gasteiger partial charge in [0.15, 0.2) is 0 Å². The standard InChI is InChI=1S/C17H20N2O2/c1-17(2,3)12-6-4-5-7-14(12)19-15-10-11(16(20)21)8-9-13(15)18/h4-10,19H,18H2,1-3H3,(H,20,21). The van der Waals surface area contributed by atoms with Crippen LogP contribution in [0.1, 0.15) is 36.7 Å². The Labute approximate surface area is 124 Å². The van der Waals surface area contributed by atoms with Crippen molar-refractivity contribution in [3.8, 4) is 0 Å². The highest BCUT2D eigenvalue weighted by Gasteiger charge is 2.18. The summed E-state index contributed by atoms with van der Waals surface area (Å²) in [6.45, 7) is 6.39. The van der Waals surface area contributed by atoms with Gasteiger partial charge in [-0.05, 0) is 35.2 Å². The quantitative estimate of drug-likeness (QED) is 0.744. The van der Waals surface area contributed by atoms with Crippen molar-refractivity contribution in [3.05, 3.63) is 53.6 Å². The Bertz CT molecular complexity index is 673. The van der Waals surface area contributed by atoms with Crippen molar-refractivity contribution in [2.24, 2.45) is 0 Å². The molecule has 0 aromatic heterocycles. The molecule has 4 N–H and O–H groups in total. The SMILES string of the molecule is CC(C)(C)c1ccccc1Nc1cc(C(=O)O)ccc1N. The number of hydrogen-bond donors (Lipinski definition) is 3. The Morgan fingerprint density at radius 2 is 1.76 bits per heavy atom. The first kappa shape index (κ1) is 14.9. The minimum Gasteiger partial charge on any atom is -0.478 e. The maximum absolute atomic E-state index is 11.1. The fourth-order valence-corrected chi connectivity index (χ4v) is 2.19. The number of rotatable bonds is 3. The van der Waals surface area contributed by atoms with Crippen molar-refractivity contribution in [3.63, 3.8) is 0 Å². The zero-order chi connectivity index (χ0) is 15.6. The number of carboxylic acids is 1. The monoisotopic (exact) mass is 284 g/mol. The molecule has 0 aliphatic rings. The lowest BCUT2D eigenvalue weighted by Gasteiger charge is -2.24. The van der Waals surface area contributed by atoms with Gasteiger partial charge in [0.1, 0.15) is 0 Å². The van der Waals surface area contributed by atoms with Crippen LogP contribution in [0.25, 0.3) is 0 Å². The molecule has 0 spiro atoms. The van der Waals surface area contributed by atoms with Crippen LogP contribution in [0, 0.1) is 0 Å². The molecular formula is C17H20N2O2. The third kappa shape index (κ3) is 3.34. The van der Waals surface area contributed by atoms with Gasteiger partial charge in [-0.25, -0.2) is 4.79 Å². The van der Waals surface area contributed by atoms with E-state index in [0.717, 1.165) is 11.3 Å². The van der Waals surface area contributed by atoms with E-state index in [1.165, 1.54) is 6.07 Å². The van der Waals surface area contributed by atoms with Gasteiger partial charge in [0.2, 0.25) is 0 Å². The number of nitrogen functional groups attached to an aromatic ring is 1. The average Bonchev–Trinajstić information content (AvgIpc) is 2.40. The van der Waals surface area contributed by atoms with E-state index in [1.54, 1.807) is 12.1 Å². The Kier molecular flexibility index (Phi) is 3.89. The first-order valence-corrected chi connectivity index (χ1v) is 6.78. The van der Waals surface area contributed by atoms with Gasteiger partial charge < -0.3 is 16.2 Å². The van der Waals surface area contributed by atoms with Gasteiger partial charge in [-0.15, -0.1) is 0 Å². The molecule has 4 heteroatoms. The van der Waals surface area contributed by atoms with E-state index in [-0.39, 0.29) is 11.0 Å². The molecule has 2 aromatic carbocycles. The number of anilines is 3. The summed E-state index contributed by atoms with van der Waals surface area (Å²) in [6.07, 6.45) is 0. The van der Waals surface area contributed by atoms with E-state index in [2.05, 4.69) is 32.2 Å². The van der Waals surface area contributed by atoms with Crippen molar-refractivity contribution in [2.75, 3.05) is 11.1 Å². The molecule has 21 heavy (non-hydrogen) atoms. The van der Waals surface area contributed by atoms with Crippen LogP contribution in [0.2, 0.25) is 0 Å². The van der Waals surface area contributed by atoms with Crippen LogP contribution in [0.5, 0.6) is 0 Å². The van der Waals surface area contributed by atoms with Gasteiger partial charge in [-0.3, -0.25) is 0 Å². The second kappa shape index (κ2) is 5.48. The molecule has 0 saturated heterocycles. The van der Waals surface area contributed by atoms with Gasteiger partial charge >= 0.3 is 5.97 Å². The molecule has 2 rings (SSSR count).